The summed E-state index contributed by atoms with van der Waals surface area (Å²) in [5.41, 5.74) is 1.39. The normalized spacial score (nSPS) is 9.03. The first-order valence-electron chi connectivity index (χ1n) is 9.42. The Labute approximate surface area is 197 Å². The molecule has 0 radical (unpaired) electrons. The molecule has 180 valence electrons. The number of hydrogen-bond acceptors (Lipinski definition) is 8. The van der Waals surface area contributed by atoms with Gasteiger partial charge in [0.25, 0.3) is 0 Å². The largest absolute Gasteiger partial charge is 0.508 e. The predicted molar refractivity (Wildman–Crippen MR) is 127 cm³/mol. The van der Waals surface area contributed by atoms with Crippen molar-refractivity contribution in [2.45, 2.75) is 35.1 Å². The zero-order chi connectivity index (χ0) is 23.8. The maximum Gasteiger partial charge on any atom is 0.344 e. The molecule has 0 aliphatic carbocycles. The standard InChI is InChI=1S/C11H14O4.C7H8O2.C4H7BrO2.CH4/c1-3-14-11(13)7-15-9-4-5-10(12)8(2)6-9;1-5-4-6(8)2-3-7(5)9;1-2-7-4(6)3-5;/h4-6,12H,3,7H2,1-2H3;2-4,8-9H,1H3;2-3H2,1H3;1H4. The van der Waals surface area contributed by atoms with Crippen molar-refractivity contribution in [2.75, 3.05) is 25.2 Å². The summed E-state index contributed by atoms with van der Waals surface area (Å²) in [6.45, 7) is 7.70. The molecule has 0 atom stereocenters. The van der Waals surface area contributed by atoms with Crippen molar-refractivity contribution >= 4 is 27.9 Å². The van der Waals surface area contributed by atoms with Crippen LogP contribution in [0.3, 0.4) is 0 Å². The monoisotopic (exact) mass is 516 g/mol. The number of halogens is 1. The van der Waals surface area contributed by atoms with Crippen LogP contribution in [0.5, 0.6) is 23.0 Å². The molecule has 2 aromatic rings. The smallest absolute Gasteiger partial charge is 0.344 e. The van der Waals surface area contributed by atoms with Gasteiger partial charge in [0.2, 0.25) is 0 Å². The first-order valence-corrected chi connectivity index (χ1v) is 10.5. The lowest BCUT2D eigenvalue weighted by Gasteiger charge is -2.06. The van der Waals surface area contributed by atoms with E-state index in [1.807, 2.05) is 0 Å². The van der Waals surface area contributed by atoms with E-state index in [4.69, 9.17) is 19.7 Å². The Morgan fingerprint density at radius 2 is 1.34 bits per heavy atom. The van der Waals surface area contributed by atoms with Gasteiger partial charge in [0.15, 0.2) is 6.61 Å². The summed E-state index contributed by atoms with van der Waals surface area (Å²) < 4.78 is 14.4. The molecule has 2 rings (SSSR count). The average Bonchev–Trinajstić information content (AvgIpc) is 2.73. The van der Waals surface area contributed by atoms with Gasteiger partial charge in [-0.25, -0.2) is 4.79 Å². The van der Waals surface area contributed by atoms with E-state index in [-0.39, 0.29) is 37.3 Å². The number of carbonyl (C=O) groups excluding carboxylic acids is 2. The van der Waals surface area contributed by atoms with E-state index in [1.54, 1.807) is 39.8 Å². The third-order valence-electron chi connectivity index (χ3n) is 3.43. The molecular weight excluding hydrogens is 484 g/mol. The highest BCUT2D eigenvalue weighted by atomic mass is 79.9. The summed E-state index contributed by atoms with van der Waals surface area (Å²) in [6.07, 6.45) is 0. The minimum absolute atomic E-state index is 0. The molecule has 0 saturated carbocycles. The zero-order valence-electron chi connectivity index (χ0n) is 18.1. The maximum atomic E-state index is 11.0. The zero-order valence-corrected chi connectivity index (χ0v) is 19.6. The average molecular weight is 517 g/mol. The molecule has 0 saturated heterocycles. The minimum atomic E-state index is -0.400. The number of phenolic OH excluding ortho intramolecular Hbond substituents is 3. The number of aromatic hydroxyl groups is 3. The van der Waals surface area contributed by atoms with E-state index in [1.165, 1.54) is 24.3 Å². The number of aryl methyl sites for hydroxylation is 2. The van der Waals surface area contributed by atoms with E-state index in [9.17, 15) is 14.7 Å². The molecule has 0 aliphatic rings. The molecule has 0 bridgehead atoms. The van der Waals surface area contributed by atoms with E-state index in [0.29, 0.717) is 35.4 Å². The number of hydrogen-bond donors (Lipinski definition) is 3. The second-order valence-electron chi connectivity index (χ2n) is 5.95. The molecule has 0 heterocycles. The van der Waals surface area contributed by atoms with Gasteiger partial charge in [-0.15, -0.1) is 0 Å². The van der Waals surface area contributed by atoms with Crippen LogP contribution in [-0.4, -0.2) is 52.4 Å². The van der Waals surface area contributed by atoms with Crippen molar-refractivity contribution in [3.05, 3.63) is 47.5 Å². The molecule has 0 unspecified atom stereocenters. The fraction of sp³-hybridized carbons (Fsp3) is 0.391. The van der Waals surface area contributed by atoms with Crippen molar-refractivity contribution in [1.29, 1.82) is 0 Å². The predicted octanol–water partition coefficient (Wildman–Crippen LogP) is 4.63. The molecule has 2 aromatic carbocycles. The topological polar surface area (TPSA) is 123 Å². The number of carbonyl (C=O) groups is 2. The molecule has 0 fully saturated rings. The second kappa shape index (κ2) is 17.7. The summed E-state index contributed by atoms with van der Waals surface area (Å²) in [7, 11) is 0. The molecule has 0 aromatic heterocycles. The van der Waals surface area contributed by atoms with Crippen molar-refractivity contribution in [1.82, 2.24) is 0 Å². The molecule has 3 N–H and O–H groups in total. The van der Waals surface area contributed by atoms with Crippen molar-refractivity contribution in [2.24, 2.45) is 0 Å². The fourth-order valence-electron chi connectivity index (χ4n) is 1.90. The quantitative estimate of drug-likeness (QED) is 0.288. The molecule has 0 spiro atoms. The lowest BCUT2D eigenvalue weighted by molar-refractivity contribution is -0.145. The van der Waals surface area contributed by atoms with Gasteiger partial charge in [-0.3, -0.25) is 4.79 Å². The Morgan fingerprint density at radius 1 is 0.844 bits per heavy atom. The van der Waals surface area contributed by atoms with Crippen molar-refractivity contribution in [3.63, 3.8) is 0 Å². The highest BCUT2D eigenvalue weighted by Crippen LogP contribution is 2.21. The maximum absolute atomic E-state index is 11.0. The van der Waals surface area contributed by atoms with E-state index >= 15 is 0 Å². The van der Waals surface area contributed by atoms with Crippen LogP contribution in [0.4, 0.5) is 0 Å². The highest BCUT2D eigenvalue weighted by Gasteiger charge is 2.04. The molecule has 9 heteroatoms. The SMILES string of the molecule is C.CCOC(=O)CBr.CCOC(=O)COc1ccc(O)c(C)c1.Cc1cc(O)ccc1O. The van der Waals surface area contributed by atoms with Gasteiger partial charge in [0.05, 0.1) is 13.2 Å². The van der Waals surface area contributed by atoms with Gasteiger partial charge in [-0.05, 0) is 75.2 Å². The summed E-state index contributed by atoms with van der Waals surface area (Å²) in [5, 5.41) is 27.3. The van der Waals surface area contributed by atoms with Crippen LogP contribution in [0.2, 0.25) is 0 Å². The first kappa shape index (κ1) is 31.2. The fourth-order valence-corrected chi connectivity index (χ4v) is 2.06. The number of alkyl halides is 1. The Morgan fingerprint density at radius 3 is 1.75 bits per heavy atom. The van der Waals surface area contributed by atoms with E-state index < -0.39 is 5.97 Å². The van der Waals surface area contributed by atoms with Gasteiger partial charge >= 0.3 is 11.9 Å². The van der Waals surface area contributed by atoms with Crippen LogP contribution in [0.25, 0.3) is 0 Å². The van der Waals surface area contributed by atoms with Crippen LogP contribution >= 0.6 is 15.9 Å². The van der Waals surface area contributed by atoms with Crippen LogP contribution in [0.15, 0.2) is 36.4 Å². The van der Waals surface area contributed by atoms with Crippen molar-refractivity contribution in [3.8, 4) is 23.0 Å². The Bertz CT molecular complexity index is 824. The summed E-state index contributed by atoms with van der Waals surface area (Å²) in [4.78, 5) is 21.1. The number of esters is 2. The summed E-state index contributed by atoms with van der Waals surface area (Å²) in [5.74, 6) is 0.542. The highest BCUT2D eigenvalue weighted by molar-refractivity contribution is 9.09. The van der Waals surface area contributed by atoms with Gasteiger partial charge < -0.3 is 29.5 Å². The van der Waals surface area contributed by atoms with E-state index in [2.05, 4.69) is 20.7 Å². The van der Waals surface area contributed by atoms with Gasteiger partial charge in [0, 0.05) is 0 Å². The molecule has 0 aliphatic heterocycles. The lowest BCUT2D eigenvalue weighted by Crippen LogP contribution is -2.14. The summed E-state index contributed by atoms with van der Waals surface area (Å²) >= 11 is 2.94. The third kappa shape index (κ3) is 14.1. The number of benzene rings is 2. The number of phenols is 3. The molecule has 8 nitrogen and oxygen atoms in total. The van der Waals surface area contributed by atoms with Crippen LogP contribution in [0.1, 0.15) is 32.4 Å². The minimum Gasteiger partial charge on any atom is -0.508 e. The Hall–Kier alpha value is -2.94. The molecule has 0 amide bonds. The van der Waals surface area contributed by atoms with Crippen LogP contribution < -0.4 is 4.74 Å². The molecule has 32 heavy (non-hydrogen) atoms. The van der Waals surface area contributed by atoms with Crippen LogP contribution in [0, 0.1) is 13.8 Å². The third-order valence-corrected chi connectivity index (χ3v) is 3.88. The number of ether oxygens (including phenoxy) is 3. The van der Waals surface area contributed by atoms with Gasteiger partial charge in [0.1, 0.15) is 28.3 Å². The summed E-state index contributed by atoms with van der Waals surface area (Å²) in [6, 6.07) is 9.20. The van der Waals surface area contributed by atoms with Gasteiger partial charge in [-0.2, -0.15) is 0 Å². The first-order chi connectivity index (χ1) is 14.6. The van der Waals surface area contributed by atoms with E-state index in [0.717, 1.165) is 0 Å². The lowest BCUT2D eigenvalue weighted by atomic mass is 10.2. The van der Waals surface area contributed by atoms with Gasteiger partial charge in [-0.1, -0.05) is 23.4 Å². The Balaban J connectivity index is 0. The number of rotatable bonds is 6. The molecular formula is C23H33BrO8. The van der Waals surface area contributed by atoms with Crippen molar-refractivity contribution < 1.29 is 39.1 Å². The Kier molecular flexibility index (Phi) is 17.3. The van der Waals surface area contributed by atoms with Crippen LogP contribution in [-0.2, 0) is 19.1 Å². The second-order valence-corrected chi connectivity index (χ2v) is 6.51.